The molecular weight excluding hydrogens is 226 g/mol. The summed E-state index contributed by atoms with van der Waals surface area (Å²) in [6.45, 7) is 2.94. The molecule has 2 rings (SSSR count). The molecular formula is C15H21NO2. The Hall–Kier alpha value is -1.51. The van der Waals surface area contributed by atoms with Gasteiger partial charge >= 0.3 is 0 Å². The Morgan fingerprint density at radius 1 is 1.28 bits per heavy atom. The molecule has 0 saturated heterocycles. The number of carbonyl (C=O) groups excluding carboxylic acids is 1. The molecule has 1 aliphatic rings. The van der Waals surface area contributed by atoms with E-state index < -0.39 is 0 Å². The lowest BCUT2D eigenvalue weighted by Gasteiger charge is -2.07. The first-order chi connectivity index (χ1) is 8.79. The molecule has 1 aromatic rings. The van der Waals surface area contributed by atoms with E-state index in [4.69, 9.17) is 4.74 Å². The maximum atomic E-state index is 11.6. The number of anilines is 1. The molecule has 1 saturated carbocycles. The smallest absolute Gasteiger partial charge is 0.227 e. The number of hydrogen-bond acceptors (Lipinski definition) is 2. The van der Waals surface area contributed by atoms with Crippen LogP contribution in [0.5, 0.6) is 5.75 Å². The van der Waals surface area contributed by atoms with Gasteiger partial charge in [0.25, 0.3) is 0 Å². The molecule has 0 spiro atoms. The summed E-state index contributed by atoms with van der Waals surface area (Å²) in [6, 6.07) is 7.62. The highest BCUT2D eigenvalue weighted by Crippen LogP contribution is 2.30. The van der Waals surface area contributed by atoms with Gasteiger partial charge in [-0.25, -0.2) is 0 Å². The van der Waals surface area contributed by atoms with Crippen molar-refractivity contribution in [3.05, 3.63) is 24.3 Å². The molecule has 0 aliphatic heterocycles. The summed E-state index contributed by atoms with van der Waals surface area (Å²) in [7, 11) is 0. The highest BCUT2D eigenvalue weighted by molar-refractivity contribution is 5.94. The largest absolute Gasteiger partial charge is 0.494 e. The van der Waals surface area contributed by atoms with Gasteiger partial charge < -0.3 is 10.1 Å². The van der Waals surface area contributed by atoms with Crippen LogP contribution < -0.4 is 10.1 Å². The molecule has 1 N–H and O–H groups in total. The summed E-state index contributed by atoms with van der Waals surface area (Å²) in [5.41, 5.74) is 0.854. The van der Waals surface area contributed by atoms with E-state index in [0.29, 0.717) is 0 Å². The maximum Gasteiger partial charge on any atom is 0.227 e. The highest BCUT2D eigenvalue weighted by Gasteiger charge is 2.29. The van der Waals surface area contributed by atoms with Crippen molar-refractivity contribution in [3.8, 4) is 5.75 Å². The van der Waals surface area contributed by atoms with Crippen LogP contribution >= 0.6 is 0 Å². The summed E-state index contributed by atoms with van der Waals surface area (Å²) < 4.78 is 5.62. The fourth-order valence-electron chi connectivity index (χ4n) is 1.77. The molecule has 0 atom stereocenters. The Kier molecular flexibility index (Phi) is 4.62. The van der Waals surface area contributed by atoms with Crippen LogP contribution in [0.25, 0.3) is 0 Å². The van der Waals surface area contributed by atoms with Crippen molar-refractivity contribution in [1.82, 2.24) is 0 Å². The number of unbranched alkanes of at least 4 members (excludes halogenated alkanes) is 2. The number of ether oxygens (including phenoxy) is 1. The second kappa shape index (κ2) is 6.43. The third kappa shape index (κ3) is 4.06. The highest BCUT2D eigenvalue weighted by atomic mass is 16.5. The number of carbonyl (C=O) groups is 1. The van der Waals surface area contributed by atoms with Crippen molar-refractivity contribution in [2.24, 2.45) is 5.92 Å². The van der Waals surface area contributed by atoms with E-state index in [1.165, 1.54) is 12.8 Å². The van der Waals surface area contributed by atoms with Crippen molar-refractivity contribution in [2.75, 3.05) is 11.9 Å². The van der Waals surface area contributed by atoms with Gasteiger partial charge in [-0.3, -0.25) is 4.79 Å². The Bertz CT molecular complexity index is 382. The molecule has 1 amide bonds. The fourth-order valence-corrected chi connectivity index (χ4v) is 1.77. The van der Waals surface area contributed by atoms with E-state index in [-0.39, 0.29) is 11.8 Å². The van der Waals surface area contributed by atoms with Gasteiger partial charge in [-0.1, -0.05) is 19.8 Å². The quantitative estimate of drug-likeness (QED) is 0.747. The Labute approximate surface area is 109 Å². The molecule has 0 radical (unpaired) electrons. The molecule has 98 valence electrons. The molecule has 0 aromatic heterocycles. The van der Waals surface area contributed by atoms with Gasteiger partial charge in [0.2, 0.25) is 5.91 Å². The monoisotopic (exact) mass is 247 g/mol. The fraction of sp³-hybridized carbons (Fsp3) is 0.533. The second-order valence-corrected chi connectivity index (χ2v) is 4.84. The number of hydrogen-bond donors (Lipinski definition) is 1. The van der Waals surface area contributed by atoms with E-state index in [0.717, 1.165) is 37.3 Å². The van der Waals surface area contributed by atoms with Crippen LogP contribution in [-0.2, 0) is 4.79 Å². The first-order valence-electron chi connectivity index (χ1n) is 6.83. The zero-order chi connectivity index (χ0) is 12.8. The molecule has 3 nitrogen and oxygen atoms in total. The topological polar surface area (TPSA) is 38.3 Å². The van der Waals surface area contributed by atoms with E-state index in [1.54, 1.807) is 0 Å². The average molecular weight is 247 g/mol. The summed E-state index contributed by atoms with van der Waals surface area (Å²) in [5.74, 6) is 1.26. The maximum absolute atomic E-state index is 11.6. The summed E-state index contributed by atoms with van der Waals surface area (Å²) >= 11 is 0. The van der Waals surface area contributed by atoms with Crippen molar-refractivity contribution in [3.63, 3.8) is 0 Å². The van der Waals surface area contributed by atoms with Gasteiger partial charge in [-0.15, -0.1) is 0 Å². The molecule has 1 fully saturated rings. The van der Waals surface area contributed by atoms with Crippen LogP contribution in [0.4, 0.5) is 5.69 Å². The zero-order valence-corrected chi connectivity index (χ0v) is 10.9. The van der Waals surface area contributed by atoms with E-state index in [1.807, 2.05) is 24.3 Å². The Balaban J connectivity index is 1.75. The predicted molar refractivity (Wildman–Crippen MR) is 72.8 cm³/mol. The molecule has 0 unspecified atom stereocenters. The van der Waals surface area contributed by atoms with Crippen LogP contribution in [0.1, 0.15) is 39.0 Å². The third-order valence-electron chi connectivity index (χ3n) is 3.09. The first kappa shape index (κ1) is 12.9. The van der Waals surface area contributed by atoms with Crippen LogP contribution in [0.15, 0.2) is 24.3 Å². The van der Waals surface area contributed by atoms with Gasteiger partial charge in [0.05, 0.1) is 6.61 Å². The minimum Gasteiger partial charge on any atom is -0.494 e. The predicted octanol–water partition coefficient (Wildman–Crippen LogP) is 3.60. The molecule has 0 bridgehead atoms. The molecule has 0 heterocycles. The minimum atomic E-state index is 0.145. The second-order valence-electron chi connectivity index (χ2n) is 4.84. The zero-order valence-electron chi connectivity index (χ0n) is 10.9. The van der Waals surface area contributed by atoms with Crippen LogP contribution in [-0.4, -0.2) is 12.5 Å². The van der Waals surface area contributed by atoms with Crippen LogP contribution in [0, 0.1) is 5.92 Å². The summed E-state index contributed by atoms with van der Waals surface area (Å²) in [4.78, 5) is 11.6. The summed E-state index contributed by atoms with van der Waals surface area (Å²) in [5, 5.41) is 2.91. The number of benzene rings is 1. The molecule has 18 heavy (non-hydrogen) atoms. The number of nitrogens with one attached hydrogen (secondary N) is 1. The lowest BCUT2D eigenvalue weighted by molar-refractivity contribution is -0.117. The number of amides is 1. The standard InChI is InChI=1S/C15H21NO2/c1-2-3-4-11-18-14-9-7-13(8-10-14)16-15(17)12-5-6-12/h7-10,12H,2-6,11H2,1H3,(H,16,17). The van der Waals surface area contributed by atoms with Gasteiger partial charge in [-0.2, -0.15) is 0 Å². The van der Waals surface area contributed by atoms with E-state index >= 15 is 0 Å². The minimum absolute atomic E-state index is 0.145. The van der Waals surface area contributed by atoms with Gasteiger partial charge in [0.15, 0.2) is 0 Å². The lowest BCUT2D eigenvalue weighted by atomic mass is 10.2. The van der Waals surface area contributed by atoms with E-state index in [2.05, 4.69) is 12.2 Å². The Morgan fingerprint density at radius 3 is 2.61 bits per heavy atom. The van der Waals surface area contributed by atoms with Gasteiger partial charge in [0, 0.05) is 11.6 Å². The average Bonchev–Trinajstić information content (AvgIpc) is 3.21. The van der Waals surface area contributed by atoms with Crippen molar-refractivity contribution in [2.45, 2.75) is 39.0 Å². The van der Waals surface area contributed by atoms with E-state index in [9.17, 15) is 4.79 Å². The normalized spacial score (nSPS) is 14.3. The molecule has 3 heteroatoms. The molecule has 1 aromatic carbocycles. The van der Waals surface area contributed by atoms with Crippen molar-refractivity contribution in [1.29, 1.82) is 0 Å². The number of rotatable bonds is 7. The summed E-state index contributed by atoms with van der Waals surface area (Å²) in [6.07, 6.45) is 5.57. The van der Waals surface area contributed by atoms with Crippen LogP contribution in [0.3, 0.4) is 0 Å². The van der Waals surface area contributed by atoms with Gasteiger partial charge in [0.1, 0.15) is 5.75 Å². The first-order valence-corrected chi connectivity index (χ1v) is 6.83. The van der Waals surface area contributed by atoms with Crippen molar-refractivity contribution < 1.29 is 9.53 Å². The third-order valence-corrected chi connectivity index (χ3v) is 3.09. The van der Waals surface area contributed by atoms with Gasteiger partial charge in [-0.05, 0) is 43.5 Å². The molecule has 1 aliphatic carbocycles. The Morgan fingerprint density at radius 2 is 2.00 bits per heavy atom. The van der Waals surface area contributed by atoms with Crippen molar-refractivity contribution >= 4 is 11.6 Å². The SMILES string of the molecule is CCCCCOc1ccc(NC(=O)C2CC2)cc1. The lowest BCUT2D eigenvalue weighted by Crippen LogP contribution is -2.13. The van der Waals surface area contributed by atoms with Crippen LogP contribution in [0.2, 0.25) is 0 Å².